The first-order valence-corrected chi connectivity index (χ1v) is 6.24. The van der Waals surface area contributed by atoms with E-state index in [9.17, 15) is 18.5 Å². The van der Waals surface area contributed by atoms with E-state index >= 15 is 0 Å². The third-order valence-electron chi connectivity index (χ3n) is 2.29. The van der Waals surface area contributed by atoms with Gasteiger partial charge >= 0.3 is 0 Å². The number of primary sulfonamides is 1. The zero-order chi connectivity index (χ0) is 13.3. The van der Waals surface area contributed by atoms with Crippen molar-refractivity contribution >= 4 is 15.7 Å². The highest BCUT2D eigenvalue weighted by atomic mass is 32.2. The van der Waals surface area contributed by atoms with Crippen molar-refractivity contribution in [2.45, 2.75) is 4.90 Å². The minimum atomic E-state index is -4.06. The quantitative estimate of drug-likeness (QED) is 0.622. The molecule has 18 heavy (non-hydrogen) atoms. The highest BCUT2D eigenvalue weighted by Crippen LogP contribution is 2.29. The van der Waals surface area contributed by atoms with Crippen molar-refractivity contribution in [1.82, 2.24) is 10.2 Å². The van der Waals surface area contributed by atoms with Gasteiger partial charge in [0.05, 0.1) is 16.0 Å². The average Bonchev–Trinajstić information content (AvgIpc) is 2.80. The largest absolute Gasteiger partial charge is 0.285 e. The summed E-state index contributed by atoms with van der Waals surface area (Å²) < 4.78 is 22.9. The fraction of sp³-hybridized carbons (Fsp3) is 0. The predicted octanol–water partition coefficient (Wildman–Crippen LogP) is 0.632. The molecular formula is C9H8N4O4S. The Balaban J connectivity index is 2.72. The fourth-order valence-electron chi connectivity index (χ4n) is 1.50. The van der Waals surface area contributed by atoms with Crippen LogP contribution in [0.25, 0.3) is 11.1 Å². The van der Waals surface area contributed by atoms with Gasteiger partial charge in [-0.15, -0.1) is 0 Å². The molecule has 0 radical (unpaired) electrons. The van der Waals surface area contributed by atoms with Crippen LogP contribution in [-0.4, -0.2) is 23.5 Å². The minimum Gasteiger partial charge on any atom is -0.285 e. The Kier molecular flexibility index (Phi) is 2.85. The Hall–Kier alpha value is -2.26. The van der Waals surface area contributed by atoms with Crippen LogP contribution in [0.15, 0.2) is 35.5 Å². The van der Waals surface area contributed by atoms with Crippen molar-refractivity contribution in [3.05, 3.63) is 40.7 Å². The summed E-state index contributed by atoms with van der Waals surface area (Å²) in [5.74, 6) is 0. The van der Waals surface area contributed by atoms with Gasteiger partial charge in [-0.3, -0.25) is 15.2 Å². The number of rotatable bonds is 3. The molecule has 0 amide bonds. The fourth-order valence-corrected chi connectivity index (χ4v) is 2.27. The van der Waals surface area contributed by atoms with Gasteiger partial charge in [0, 0.05) is 29.5 Å². The van der Waals surface area contributed by atoms with Gasteiger partial charge in [-0.1, -0.05) is 0 Å². The highest BCUT2D eigenvalue weighted by molar-refractivity contribution is 7.89. The lowest BCUT2D eigenvalue weighted by Gasteiger charge is -2.05. The van der Waals surface area contributed by atoms with Crippen LogP contribution in [-0.2, 0) is 10.0 Å². The zero-order valence-electron chi connectivity index (χ0n) is 8.90. The standard InChI is InChI=1S/C9H8N4O4S/c10-18(16,17)9-3-7(13(14)15)1-2-8(9)6-4-11-12-5-6/h1-5H,(H,11,12)(H2,10,16,17). The van der Waals surface area contributed by atoms with Gasteiger partial charge in [0.15, 0.2) is 0 Å². The number of hydrogen-bond acceptors (Lipinski definition) is 5. The molecule has 0 saturated carbocycles. The maximum atomic E-state index is 11.4. The van der Waals surface area contributed by atoms with Crippen LogP contribution < -0.4 is 5.14 Å². The molecule has 0 aliphatic heterocycles. The van der Waals surface area contributed by atoms with E-state index < -0.39 is 14.9 Å². The van der Waals surface area contributed by atoms with Crippen molar-refractivity contribution in [3.8, 4) is 11.1 Å². The van der Waals surface area contributed by atoms with Crippen LogP contribution in [0.1, 0.15) is 0 Å². The van der Waals surface area contributed by atoms with Gasteiger partial charge in [-0.05, 0) is 6.07 Å². The maximum Gasteiger partial charge on any atom is 0.270 e. The second-order valence-electron chi connectivity index (χ2n) is 3.47. The number of benzene rings is 1. The number of nitro groups is 1. The number of non-ortho nitro benzene ring substituents is 1. The van der Waals surface area contributed by atoms with Gasteiger partial charge in [0.25, 0.3) is 5.69 Å². The summed E-state index contributed by atoms with van der Waals surface area (Å²) in [5.41, 5.74) is 0.400. The summed E-state index contributed by atoms with van der Waals surface area (Å²) in [5, 5.41) is 21.9. The number of sulfonamides is 1. The molecule has 0 saturated heterocycles. The minimum absolute atomic E-state index is 0.261. The molecule has 9 heteroatoms. The molecule has 0 bridgehead atoms. The number of nitrogens with one attached hydrogen (secondary N) is 1. The number of hydrogen-bond donors (Lipinski definition) is 2. The Morgan fingerprint density at radius 3 is 2.61 bits per heavy atom. The van der Waals surface area contributed by atoms with Crippen molar-refractivity contribution < 1.29 is 13.3 Å². The molecular weight excluding hydrogens is 260 g/mol. The smallest absolute Gasteiger partial charge is 0.270 e. The van der Waals surface area contributed by atoms with Crippen molar-refractivity contribution in [1.29, 1.82) is 0 Å². The summed E-state index contributed by atoms with van der Waals surface area (Å²) in [7, 11) is -4.06. The summed E-state index contributed by atoms with van der Waals surface area (Å²) in [6.07, 6.45) is 2.87. The monoisotopic (exact) mass is 268 g/mol. The van der Waals surface area contributed by atoms with Gasteiger partial charge in [-0.2, -0.15) is 5.10 Å². The lowest BCUT2D eigenvalue weighted by atomic mass is 10.1. The SMILES string of the molecule is NS(=O)(=O)c1cc([N+](=O)[O-])ccc1-c1cn[nH]c1. The zero-order valence-corrected chi connectivity index (χ0v) is 9.72. The number of nitrogens with zero attached hydrogens (tertiary/aromatic N) is 2. The molecule has 2 aromatic rings. The highest BCUT2D eigenvalue weighted by Gasteiger charge is 2.20. The van der Waals surface area contributed by atoms with E-state index in [0.29, 0.717) is 5.56 Å². The summed E-state index contributed by atoms with van der Waals surface area (Å²) in [6.45, 7) is 0. The van der Waals surface area contributed by atoms with E-state index in [1.54, 1.807) is 0 Å². The maximum absolute atomic E-state index is 11.4. The molecule has 3 N–H and O–H groups in total. The predicted molar refractivity (Wildman–Crippen MR) is 62.1 cm³/mol. The molecule has 1 aromatic carbocycles. The normalized spacial score (nSPS) is 11.4. The molecule has 0 atom stereocenters. The molecule has 0 spiro atoms. The van der Waals surface area contributed by atoms with Crippen molar-refractivity contribution in [2.24, 2.45) is 5.14 Å². The first-order chi connectivity index (χ1) is 8.39. The van der Waals surface area contributed by atoms with Gasteiger partial charge in [0.2, 0.25) is 10.0 Å². The number of nitro benzene ring substituents is 1. The first kappa shape index (κ1) is 12.2. The second-order valence-corrected chi connectivity index (χ2v) is 5.00. The van der Waals surface area contributed by atoms with Crippen LogP contribution in [0.4, 0.5) is 5.69 Å². The van der Waals surface area contributed by atoms with Gasteiger partial charge < -0.3 is 0 Å². The summed E-state index contributed by atoms with van der Waals surface area (Å²) in [6, 6.07) is 3.46. The van der Waals surface area contributed by atoms with Crippen molar-refractivity contribution in [3.63, 3.8) is 0 Å². The van der Waals surface area contributed by atoms with Crippen LogP contribution in [0.3, 0.4) is 0 Å². The van der Waals surface area contributed by atoms with Crippen LogP contribution in [0.2, 0.25) is 0 Å². The van der Waals surface area contributed by atoms with Gasteiger partial charge in [0.1, 0.15) is 0 Å². The molecule has 0 aliphatic rings. The van der Waals surface area contributed by atoms with E-state index in [1.165, 1.54) is 24.5 Å². The first-order valence-electron chi connectivity index (χ1n) is 4.70. The van der Waals surface area contributed by atoms with Gasteiger partial charge in [-0.25, -0.2) is 13.6 Å². The molecule has 0 aliphatic carbocycles. The molecule has 1 heterocycles. The molecule has 0 unspecified atom stereocenters. The van der Waals surface area contributed by atoms with Crippen molar-refractivity contribution in [2.75, 3.05) is 0 Å². The molecule has 94 valence electrons. The number of aromatic nitrogens is 2. The average molecular weight is 268 g/mol. The summed E-state index contributed by atoms with van der Waals surface area (Å²) in [4.78, 5) is 9.64. The van der Waals surface area contributed by atoms with E-state index in [4.69, 9.17) is 5.14 Å². The lowest BCUT2D eigenvalue weighted by Crippen LogP contribution is -2.13. The molecule has 0 fully saturated rings. The third-order valence-corrected chi connectivity index (χ3v) is 3.24. The molecule has 1 aromatic heterocycles. The number of nitrogens with two attached hydrogens (primary N) is 1. The van der Waals surface area contributed by atoms with E-state index in [1.807, 2.05) is 0 Å². The molecule has 8 nitrogen and oxygen atoms in total. The Labute approximate surface area is 102 Å². The van der Waals surface area contributed by atoms with E-state index in [-0.39, 0.29) is 16.1 Å². The van der Waals surface area contributed by atoms with E-state index in [2.05, 4.69) is 10.2 Å². The Bertz CT molecular complexity index is 693. The molecule has 2 rings (SSSR count). The Morgan fingerprint density at radius 1 is 1.39 bits per heavy atom. The summed E-state index contributed by atoms with van der Waals surface area (Å²) >= 11 is 0. The second kappa shape index (κ2) is 4.20. The van der Waals surface area contributed by atoms with Crippen LogP contribution in [0.5, 0.6) is 0 Å². The topological polar surface area (TPSA) is 132 Å². The number of aromatic amines is 1. The van der Waals surface area contributed by atoms with Crippen LogP contribution in [0, 0.1) is 10.1 Å². The Morgan fingerprint density at radius 2 is 2.11 bits per heavy atom. The van der Waals surface area contributed by atoms with E-state index in [0.717, 1.165) is 6.07 Å². The lowest BCUT2D eigenvalue weighted by molar-refractivity contribution is -0.385. The third kappa shape index (κ3) is 2.21. The number of H-pyrrole nitrogens is 1. The van der Waals surface area contributed by atoms with Crippen LogP contribution >= 0.6 is 0 Å².